The number of ether oxygens (including phenoxy) is 1. The summed E-state index contributed by atoms with van der Waals surface area (Å²) < 4.78 is 12.4. The van der Waals surface area contributed by atoms with E-state index in [0.717, 1.165) is 25.8 Å². The summed E-state index contributed by atoms with van der Waals surface area (Å²) in [6, 6.07) is 0.197. The molecule has 0 spiro atoms. The van der Waals surface area contributed by atoms with Gasteiger partial charge in [-0.15, -0.1) is 0 Å². The Kier molecular flexibility index (Phi) is 5.96. The molecule has 1 amide bonds. The summed E-state index contributed by atoms with van der Waals surface area (Å²) in [5.74, 6) is 0.398. The number of carbonyl (C=O) groups excluding carboxylic acids is 1. The van der Waals surface area contributed by atoms with Gasteiger partial charge in [-0.3, -0.25) is 4.90 Å². The van der Waals surface area contributed by atoms with Crippen LogP contribution in [0, 0.1) is 11.3 Å². The van der Waals surface area contributed by atoms with Crippen molar-refractivity contribution in [2.45, 2.75) is 91.3 Å². The number of hydrogen-bond donors (Lipinski definition) is 1. The summed E-state index contributed by atoms with van der Waals surface area (Å²) in [6.45, 7) is 18.6. The van der Waals surface area contributed by atoms with E-state index in [-0.39, 0.29) is 17.6 Å². The molecule has 0 aromatic carbocycles. The molecule has 1 N–H and O–H groups in total. The predicted molar refractivity (Wildman–Crippen MR) is 104 cm³/mol. The highest BCUT2D eigenvalue weighted by molar-refractivity contribution is 6.48. The second-order valence-electron chi connectivity index (χ2n) is 10.0. The van der Waals surface area contributed by atoms with Crippen LogP contribution in [0.5, 0.6) is 0 Å². The largest absolute Gasteiger partial charge is 0.444 e. The zero-order valence-electron chi connectivity index (χ0n) is 17.4. The summed E-state index contributed by atoms with van der Waals surface area (Å²) in [5.41, 5.74) is -0.930. The minimum absolute atomic E-state index is 0.127. The molecular weight excluding hydrogens is 332 g/mol. The molecule has 3 atom stereocenters. The molecule has 25 heavy (non-hydrogen) atoms. The molecule has 2 fully saturated rings. The number of nitrogens with zero attached hydrogens (tertiary/aromatic N) is 1. The lowest BCUT2D eigenvalue weighted by molar-refractivity contribution is -0.0869. The van der Waals surface area contributed by atoms with E-state index in [1.165, 1.54) is 0 Å². The third kappa shape index (κ3) is 4.77. The maximum atomic E-state index is 13.1. The molecule has 2 aliphatic rings. The molecule has 146 valence electrons. The topological polar surface area (TPSA) is 50.8 Å². The normalized spacial score (nSPS) is 31.0. The fourth-order valence-corrected chi connectivity index (χ4v) is 5.23. The number of hydrogen-bond acceptors (Lipinski definition) is 4. The molecule has 0 saturated carbocycles. The molecule has 1 unspecified atom stereocenters. The maximum absolute atomic E-state index is 13.1. The molecule has 0 bridgehead atoms. The average Bonchev–Trinajstić information content (AvgIpc) is 3.01. The van der Waals surface area contributed by atoms with E-state index in [4.69, 9.17) is 9.16 Å². The van der Waals surface area contributed by atoms with Crippen molar-refractivity contribution in [1.82, 2.24) is 10.2 Å². The smallest absolute Gasteiger partial charge is 0.412 e. The Balaban J connectivity index is 2.39. The molecular formula is C19H38N2O3Si. The van der Waals surface area contributed by atoms with E-state index in [0.29, 0.717) is 12.5 Å². The van der Waals surface area contributed by atoms with E-state index in [9.17, 15) is 4.79 Å². The molecule has 0 aliphatic carbocycles. The van der Waals surface area contributed by atoms with Crippen LogP contribution in [0.2, 0.25) is 13.1 Å². The first-order chi connectivity index (χ1) is 11.3. The summed E-state index contributed by atoms with van der Waals surface area (Å²) in [6.07, 6.45) is 2.84. The van der Waals surface area contributed by atoms with Gasteiger partial charge in [-0.2, -0.15) is 0 Å². The van der Waals surface area contributed by atoms with Crippen molar-refractivity contribution in [3.05, 3.63) is 0 Å². The second kappa shape index (κ2) is 7.20. The van der Waals surface area contributed by atoms with Gasteiger partial charge in [0.25, 0.3) is 0 Å². The molecule has 2 rings (SSSR count). The highest BCUT2D eigenvalue weighted by atomic mass is 28.3. The lowest BCUT2D eigenvalue weighted by Gasteiger charge is -2.44. The van der Waals surface area contributed by atoms with Crippen molar-refractivity contribution in [2.24, 2.45) is 11.3 Å². The Morgan fingerprint density at radius 2 is 1.84 bits per heavy atom. The highest BCUT2D eigenvalue weighted by Crippen LogP contribution is 2.46. The van der Waals surface area contributed by atoms with Gasteiger partial charge < -0.3 is 14.5 Å². The molecule has 2 aliphatic heterocycles. The third-order valence-electron chi connectivity index (χ3n) is 5.28. The van der Waals surface area contributed by atoms with Gasteiger partial charge in [0.2, 0.25) is 0 Å². The Morgan fingerprint density at radius 3 is 2.28 bits per heavy atom. The van der Waals surface area contributed by atoms with Crippen LogP contribution >= 0.6 is 0 Å². The average molecular weight is 371 g/mol. The van der Waals surface area contributed by atoms with Gasteiger partial charge >= 0.3 is 6.09 Å². The quantitative estimate of drug-likeness (QED) is 0.769. The number of amides is 1. The van der Waals surface area contributed by atoms with Crippen molar-refractivity contribution >= 4 is 15.1 Å². The van der Waals surface area contributed by atoms with Gasteiger partial charge in [0.15, 0.2) is 14.8 Å². The number of rotatable bonds is 3. The highest BCUT2D eigenvalue weighted by Gasteiger charge is 2.57. The Labute approximate surface area is 155 Å². The van der Waals surface area contributed by atoms with Crippen LogP contribution in [0.25, 0.3) is 0 Å². The van der Waals surface area contributed by atoms with Crippen LogP contribution < -0.4 is 5.32 Å². The van der Waals surface area contributed by atoms with Gasteiger partial charge in [0.1, 0.15) is 5.60 Å². The standard InChI is InChI=1S/C19H38N2O3Si/c1-17(2,3)14-12-19(24-25(7)8,15-10-9-11-20-15)21(13-14)16(22)23-18(4,5)6/h14-15,20,25H,9-13H2,1-8H3/t14-,15?,19-/m0/s1. The van der Waals surface area contributed by atoms with Crippen molar-refractivity contribution in [3.63, 3.8) is 0 Å². The van der Waals surface area contributed by atoms with Crippen LogP contribution in [0.3, 0.4) is 0 Å². The van der Waals surface area contributed by atoms with Gasteiger partial charge in [0, 0.05) is 13.0 Å². The van der Waals surface area contributed by atoms with Gasteiger partial charge in [0.05, 0.1) is 6.04 Å². The van der Waals surface area contributed by atoms with Crippen molar-refractivity contribution in [2.75, 3.05) is 13.1 Å². The summed E-state index contributed by atoms with van der Waals surface area (Å²) >= 11 is 0. The van der Waals surface area contributed by atoms with Gasteiger partial charge in [-0.1, -0.05) is 20.8 Å². The van der Waals surface area contributed by atoms with E-state index in [2.05, 4.69) is 39.2 Å². The van der Waals surface area contributed by atoms with Crippen LogP contribution in [0.4, 0.5) is 4.79 Å². The first kappa shape index (κ1) is 20.7. The van der Waals surface area contributed by atoms with Crippen LogP contribution in [0.15, 0.2) is 0 Å². The minimum Gasteiger partial charge on any atom is -0.444 e. The maximum Gasteiger partial charge on any atom is 0.412 e. The van der Waals surface area contributed by atoms with Crippen molar-refractivity contribution < 1.29 is 14.0 Å². The van der Waals surface area contributed by atoms with Crippen molar-refractivity contribution in [1.29, 1.82) is 0 Å². The number of likely N-dealkylation sites (tertiary alicyclic amines) is 1. The zero-order valence-corrected chi connectivity index (χ0v) is 18.6. The predicted octanol–water partition coefficient (Wildman–Crippen LogP) is 3.74. The summed E-state index contributed by atoms with van der Waals surface area (Å²) in [5, 5.41) is 3.61. The SMILES string of the molecule is C[SiH](C)O[C@]1(C2CCCN2)C[C@H](C(C)(C)C)CN1C(=O)OC(C)(C)C. The van der Waals surface area contributed by atoms with Crippen LogP contribution in [0.1, 0.15) is 60.8 Å². The molecule has 0 radical (unpaired) electrons. The first-order valence-electron chi connectivity index (χ1n) is 9.77. The van der Waals surface area contributed by atoms with Crippen LogP contribution in [-0.4, -0.2) is 50.5 Å². The van der Waals surface area contributed by atoms with E-state index < -0.39 is 20.4 Å². The first-order valence-corrected chi connectivity index (χ1v) is 12.5. The van der Waals surface area contributed by atoms with E-state index >= 15 is 0 Å². The number of nitrogens with one attached hydrogen (secondary N) is 1. The third-order valence-corrected chi connectivity index (χ3v) is 6.16. The lowest BCUT2D eigenvalue weighted by atomic mass is 9.78. The monoisotopic (exact) mass is 370 g/mol. The fourth-order valence-electron chi connectivity index (χ4n) is 4.03. The van der Waals surface area contributed by atoms with Crippen molar-refractivity contribution in [3.8, 4) is 0 Å². The fraction of sp³-hybridized carbons (Fsp3) is 0.947. The minimum atomic E-state index is -1.35. The molecule has 6 heteroatoms. The lowest BCUT2D eigenvalue weighted by Crippen LogP contribution is -2.61. The summed E-state index contributed by atoms with van der Waals surface area (Å²) in [7, 11) is -1.35. The Hall–Kier alpha value is -0.593. The summed E-state index contributed by atoms with van der Waals surface area (Å²) in [4.78, 5) is 15.0. The van der Waals surface area contributed by atoms with Gasteiger partial charge in [-0.05, 0) is 64.6 Å². The molecule has 0 aromatic rings. The Bertz CT molecular complexity index is 478. The number of carbonyl (C=O) groups is 1. The van der Waals surface area contributed by atoms with E-state index in [1.54, 1.807) is 0 Å². The zero-order chi connectivity index (χ0) is 19.0. The Morgan fingerprint density at radius 1 is 1.20 bits per heavy atom. The molecule has 5 nitrogen and oxygen atoms in total. The van der Waals surface area contributed by atoms with Gasteiger partial charge in [-0.25, -0.2) is 4.79 Å². The second-order valence-corrected chi connectivity index (χ2v) is 12.4. The van der Waals surface area contributed by atoms with Crippen LogP contribution in [-0.2, 0) is 9.16 Å². The van der Waals surface area contributed by atoms with E-state index in [1.807, 2.05) is 25.7 Å². The molecule has 2 saturated heterocycles. The molecule has 0 aromatic heterocycles. The molecule has 2 heterocycles.